The van der Waals surface area contributed by atoms with Crippen LogP contribution in [0, 0.1) is 12.3 Å². The normalized spacial score (nSPS) is 14.2. The van der Waals surface area contributed by atoms with Crippen molar-refractivity contribution in [3.63, 3.8) is 0 Å². The first-order valence-electron chi connectivity index (χ1n) is 4.91. The number of benzene rings is 1. The highest BCUT2D eigenvalue weighted by Gasteiger charge is 1.93. The summed E-state index contributed by atoms with van der Waals surface area (Å²) in [7, 11) is 0. The molecule has 0 aliphatic heterocycles. The van der Waals surface area contributed by atoms with Crippen LogP contribution in [-0.4, -0.2) is 5.91 Å². The van der Waals surface area contributed by atoms with Crippen molar-refractivity contribution >= 4 is 5.91 Å². The maximum atomic E-state index is 11.1. The fraction of sp³-hybridized carbons (Fsp3) is 0.100. The summed E-state index contributed by atoms with van der Waals surface area (Å²) in [5.74, 6) is 1.04. The minimum atomic E-state index is -1.11. The minimum absolute atomic E-state index is 0.441. The Kier molecular flexibility index (Phi) is 1.75. The van der Waals surface area contributed by atoms with Crippen molar-refractivity contribution in [3.05, 3.63) is 35.9 Å². The maximum absolute atomic E-state index is 11.1. The first-order chi connectivity index (χ1) is 7.16. The fourth-order valence-electron chi connectivity index (χ4n) is 0.705. The molecule has 1 amide bonds. The number of rotatable bonds is 2. The van der Waals surface area contributed by atoms with E-state index in [0.29, 0.717) is 10.9 Å². The molecule has 2 heteroatoms. The van der Waals surface area contributed by atoms with Crippen LogP contribution < -0.4 is 5.31 Å². The van der Waals surface area contributed by atoms with Crippen LogP contribution in [0.25, 0.3) is 0 Å². The van der Waals surface area contributed by atoms with E-state index in [-0.39, 0.29) is 0 Å². The van der Waals surface area contributed by atoms with E-state index in [4.69, 9.17) is 4.15 Å². The van der Waals surface area contributed by atoms with Crippen LogP contribution in [0.2, 0.25) is 1.41 Å². The Bertz CT molecular complexity index is 396. The van der Waals surface area contributed by atoms with Gasteiger partial charge in [0, 0.05) is 6.52 Å². The van der Waals surface area contributed by atoms with Gasteiger partial charge < -0.3 is 5.31 Å². The van der Waals surface area contributed by atoms with Crippen molar-refractivity contribution in [2.24, 2.45) is 0 Å². The van der Waals surface area contributed by atoms with Crippen molar-refractivity contribution in [1.82, 2.24) is 5.31 Å². The molecule has 0 aliphatic carbocycles. The maximum Gasteiger partial charge on any atom is 0.295 e. The summed E-state index contributed by atoms with van der Waals surface area (Å²) < 4.78 is 21.5. The van der Waals surface area contributed by atoms with Crippen LogP contribution in [0.4, 0.5) is 0 Å². The zero-order chi connectivity index (χ0) is 11.3. The number of terminal acetylenes is 1. The quantitative estimate of drug-likeness (QED) is 0.644. The van der Waals surface area contributed by atoms with Gasteiger partial charge in [0.2, 0.25) is 0 Å². The van der Waals surface area contributed by atoms with Gasteiger partial charge in [0.25, 0.3) is 5.91 Å². The molecule has 1 aromatic carbocycles. The molecule has 0 heterocycles. The largest absolute Gasteiger partial charge is 0.341 e. The van der Waals surface area contributed by atoms with E-state index in [1.807, 2.05) is 5.92 Å². The van der Waals surface area contributed by atoms with Gasteiger partial charge in [-0.25, -0.2) is 0 Å². The summed E-state index contributed by atoms with van der Waals surface area (Å²) in [4.78, 5) is 11.1. The monoisotopic (exact) mass is 162 g/mol. The summed E-state index contributed by atoms with van der Waals surface area (Å²) in [6.07, 6.45) is 1.66. The van der Waals surface area contributed by atoms with Gasteiger partial charge in [-0.1, -0.05) is 30.3 Å². The van der Waals surface area contributed by atoms with Gasteiger partial charge in [-0.15, -0.1) is 6.40 Å². The molecule has 0 saturated heterocycles. The highest BCUT2D eigenvalue weighted by molar-refractivity contribution is 5.92. The molecule has 60 valence electrons. The first-order valence-corrected chi connectivity index (χ1v) is 3.39. The zero-order valence-corrected chi connectivity index (χ0v) is 6.32. The predicted octanol–water partition coefficient (Wildman–Crippen LogP) is 0.936. The Labute approximate surface area is 75.9 Å². The number of amides is 1. The first kappa shape index (κ1) is 5.00. The lowest BCUT2D eigenvalue weighted by Crippen LogP contribution is -2.20. The summed E-state index contributed by atoms with van der Waals surface area (Å²) in [6.45, 7) is -1.11. The molecule has 12 heavy (non-hydrogen) atoms. The molecule has 0 radical (unpaired) electrons. The number of hydrogen-bond acceptors (Lipinski definition) is 1. The Morgan fingerprint density at radius 3 is 3.17 bits per heavy atom. The average Bonchev–Trinajstić information content (AvgIpc) is 2.28. The third-order valence-corrected chi connectivity index (χ3v) is 1.24. The van der Waals surface area contributed by atoms with E-state index in [9.17, 15) is 4.79 Å². The molecule has 1 aromatic rings. The molecule has 0 saturated carbocycles. The van der Waals surface area contributed by atoms with Crippen LogP contribution in [0.15, 0.2) is 30.3 Å². The number of nitrogens with one attached hydrogen (secondary N) is 1. The van der Waals surface area contributed by atoms with Crippen LogP contribution in [-0.2, 0) is 11.3 Å². The lowest BCUT2D eigenvalue weighted by Gasteiger charge is -1.99. The van der Waals surface area contributed by atoms with Crippen molar-refractivity contribution in [1.29, 1.82) is 0 Å². The second-order valence-corrected chi connectivity index (χ2v) is 2.10. The van der Waals surface area contributed by atoms with Gasteiger partial charge in [0.1, 0.15) is 1.37 Å². The lowest BCUT2D eigenvalue weighted by atomic mass is 10.2. The average molecular weight is 162 g/mol. The molecule has 1 N–H and O–H groups in total. The summed E-state index contributed by atoms with van der Waals surface area (Å²) >= 11 is 0. The van der Waals surface area contributed by atoms with E-state index >= 15 is 0 Å². The number of carbonyl (C=O) groups is 1. The van der Waals surface area contributed by atoms with E-state index in [2.05, 4.69) is 0 Å². The summed E-state index contributed by atoms with van der Waals surface area (Å²) in [5, 5.41) is 0.441. The fourth-order valence-corrected chi connectivity index (χ4v) is 0.705. The van der Waals surface area contributed by atoms with Crippen LogP contribution in [0.3, 0.4) is 0 Å². The highest BCUT2D eigenvalue weighted by atomic mass is 16.1. The van der Waals surface area contributed by atoms with Crippen molar-refractivity contribution in [2.45, 2.75) is 6.52 Å². The predicted molar refractivity (Wildman–Crippen MR) is 47.1 cm³/mol. The molecule has 0 bridgehead atoms. The van der Waals surface area contributed by atoms with Crippen LogP contribution in [0.1, 0.15) is 8.30 Å². The topological polar surface area (TPSA) is 29.1 Å². The Morgan fingerprint density at radius 2 is 2.50 bits per heavy atom. The molecule has 1 atom stereocenters. The standard InChI is InChI=1S/C10H9NO/c1-2-10(12)11-8-9-6-4-3-5-7-9/h1,3-7H,8H2,(H,11,12)/i1D,8D/hD. The molecule has 2 nitrogen and oxygen atoms in total. The molecule has 1 rings (SSSR count). The van der Waals surface area contributed by atoms with Gasteiger partial charge in [-0.3, -0.25) is 4.79 Å². The van der Waals surface area contributed by atoms with Gasteiger partial charge >= 0.3 is 0 Å². The molecular formula is C10H9NO. The summed E-state index contributed by atoms with van der Waals surface area (Å²) in [5.41, 5.74) is 0.535. The van der Waals surface area contributed by atoms with Gasteiger partial charge in [-0.05, 0) is 11.5 Å². The lowest BCUT2D eigenvalue weighted by molar-refractivity contribution is -0.115. The molecular weight excluding hydrogens is 150 g/mol. The SMILES string of the molecule is [2H]C#CC(=O)N([2H])C([2H])c1ccccc1. The van der Waals surface area contributed by atoms with E-state index in [0.717, 1.165) is 0 Å². The van der Waals surface area contributed by atoms with Crippen molar-refractivity contribution in [3.8, 4) is 12.3 Å². The van der Waals surface area contributed by atoms with E-state index in [1.165, 1.54) is 0 Å². The third-order valence-electron chi connectivity index (χ3n) is 1.24. The highest BCUT2D eigenvalue weighted by Crippen LogP contribution is 1.96. The Morgan fingerprint density at radius 1 is 1.75 bits per heavy atom. The number of hydrogen-bond donors (Lipinski definition) is 1. The van der Waals surface area contributed by atoms with Crippen molar-refractivity contribution in [2.75, 3.05) is 0 Å². The minimum Gasteiger partial charge on any atom is -0.341 e. The molecule has 0 fully saturated rings. The van der Waals surface area contributed by atoms with Crippen LogP contribution >= 0.6 is 0 Å². The Hall–Kier alpha value is -1.75. The second kappa shape index (κ2) is 4.20. The molecule has 0 aliphatic rings. The molecule has 0 aromatic heterocycles. The van der Waals surface area contributed by atoms with Crippen molar-refractivity contribution < 1.29 is 8.95 Å². The van der Waals surface area contributed by atoms with E-state index < -0.39 is 12.4 Å². The third kappa shape index (κ3) is 2.47. The summed E-state index contributed by atoms with van der Waals surface area (Å²) in [6, 6.07) is 8.55. The molecule has 0 spiro atoms. The number of carbonyl (C=O) groups excluding carboxylic acids is 1. The second-order valence-electron chi connectivity index (χ2n) is 2.10. The Balaban J connectivity index is 2.80. The zero-order valence-electron chi connectivity index (χ0n) is 9.32. The van der Waals surface area contributed by atoms with Gasteiger partial charge in [0.15, 0.2) is 1.41 Å². The van der Waals surface area contributed by atoms with Gasteiger partial charge in [-0.2, -0.15) is 0 Å². The van der Waals surface area contributed by atoms with Crippen LogP contribution in [0.5, 0.6) is 0 Å². The smallest absolute Gasteiger partial charge is 0.295 e. The molecule has 1 unspecified atom stereocenters. The van der Waals surface area contributed by atoms with E-state index in [1.54, 1.807) is 36.7 Å². The van der Waals surface area contributed by atoms with Gasteiger partial charge in [0.05, 0.1) is 1.37 Å².